The van der Waals surface area contributed by atoms with Gasteiger partial charge in [0, 0.05) is 6.20 Å². The van der Waals surface area contributed by atoms with Gasteiger partial charge in [0.25, 0.3) is 5.91 Å². The van der Waals surface area contributed by atoms with Crippen LogP contribution < -0.4 is 11.5 Å². The zero-order valence-electron chi connectivity index (χ0n) is 12.1. The van der Waals surface area contributed by atoms with Gasteiger partial charge in [-0.05, 0) is 19.8 Å². The van der Waals surface area contributed by atoms with Crippen molar-refractivity contribution in [2.75, 3.05) is 5.73 Å². The molecule has 114 valence electrons. The minimum absolute atomic E-state index is 0.0359. The Morgan fingerprint density at radius 2 is 2.05 bits per heavy atom. The average Bonchev–Trinajstić information content (AvgIpc) is 2.75. The Kier molecular flexibility index (Phi) is 4.74. The maximum absolute atomic E-state index is 11.0. The molecular weight excluding hydrogens is 270 g/mol. The van der Waals surface area contributed by atoms with Crippen LogP contribution in [0.25, 0.3) is 11.0 Å². The second kappa shape index (κ2) is 6.53. The summed E-state index contributed by atoms with van der Waals surface area (Å²) in [6.45, 7) is 1.75. The summed E-state index contributed by atoms with van der Waals surface area (Å²) >= 11 is 0. The zero-order valence-corrected chi connectivity index (χ0v) is 12.1. The highest BCUT2D eigenvalue weighted by atomic mass is 16.3. The molecule has 0 spiro atoms. The van der Waals surface area contributed by atoms with Crippen LogP contribution in [0, 0.1) is 6.92 Å². The number of fused-ring (bicyclic) bond motifs is 1. The molecule has 0 saturated heterocycles. The number of aryl methyl sites for hydroxylation is 1. The van der Waals surface area contributed by atoms with Crippen molar-refractivity contribution in [2.45, 2.75) is 45.1 Å². The molecule has 0 unspecified atom stereocenters. The van der Waals surface area contributed by atoms with Crippen LogP contribution in [0.5, 0.6) is 0 Å². The van der Waals surface area contributed by atoms with Gasteiger partial charge in [-0.25, -0.2) is 9.97 Å². The van der Waals surface area contributed by atoms with Gasteiger partial charge in [-0.1, -0.05) is 19.3 Å². The van der Waals surface area contributed by atoms with Gasteiger partial charge in [0.05, 0.1) is 17.1 Å². The largest absolute Gasteiger partial charge is 0.393 e. The summed E-state index contributed by atoms with van der Waals surface area (Å²) in [6.07, 6.45) is 7.46. The van der Waals surface area contributed by atoms with Crippen molar-refractivity contribution in [3.8, 4) is 0 Å². The lowest BCUT2D eigenvalue weighted by molar-refractivity contribution is 0.100. The fourth-order valence-corrected chi connectivity index (χ4v) is 2.43. The highest BCUT2D eigenvalue weighted by Crippen LogP contribution is 2.21. The predicted octanol–water partition coefficient (Wildman–Crippen LogP) is 1.26. The Labute approximate surface area is 122 Å². The molecule has 0 atom stereocenters. The number of anilines is 1. The van der Waals surface area contributed by atoms with Crippen molar-refractivity contribution in [1.82, 2.24) is 15.0 Å². The summed E-state index contributed by atoms with van der Waals surface area (Å²) in [6, 6.07) is 0. The fourth-order valence-electron chi connectivity index (χ4n) is 2.43. The normalized spacial score (nSPS) is 15.5. The van der Waals surface area contributed by atoms with Gasteiger partial charge >= 0.3 is 0 Å². The molecule has 0 aliphatic heterocycles. The van der Waals surface area contributed by atoms with Crippen LogP contribution in [0.15, 0.2) is 6.20 Å². The van der Waals surface area contributed by atoms with Gasteiger partial charge in [0.15, 0.2) is 0 Å². The van der Waals surface area contributed by atoms with E-state index in [1.54, 1.807) is 6.92 Å². The highest BCUT2D eigenvalue weighted by molar-refractivity contribution is 6.09. The van der Waals surface area contributed by atoms with E-state index in [2.05, 4.69) is 15.0 Å². The third-order valence-corrected chi connectivity index (χ3v) is 3.52. The molecule has 7 nitrogen and oxygen atoms in total. The number of hydrogen-bond donors (Lipinski definition) is 4. The quantitative estimate of drug-likeness (QED) is 0.628. The summed E-state index contributed by atoms with van der Waals surface area (Å²) < 4.78 is 0. The van der Waals surface area contributed by atoms with Crippen LogP contribution in [-0.4, -0.2) is 32.1 Å². The lowest BCUT2D eigenvalue weighted by atomic mass is 9.98. The highest BCUT2D eigenvalue weighted by Gasteiger charge is 2.15. The molecule has 0 bridgehead atoms. The number of aliphatic hydroxyl groups excluding tert-OH is 1. The van der Waals surface area contributed by atoms with Crippen LogP contribution in [0.2, 0.25) is 0 Å². The molecule has 1 amide bonds. The third kappa shape index (κ3) is 3.69. The number of aliphatic hydroxyl groups is 1. The molecule has 2 aromatic heterocycles. The topological polar surface area (TPSA) is 131 Å². The number of carbonyl (C=O) groups is 1. The van der Waals surface area contributed by atoms with E-state index >= 15 is 0 Å². The van der Waals surface area contributed by atoms with E-state index in [0.29, 0.717) is 16.9 Å². The number of nitrogens with two attached hydrogens (primary N) is 2. The number of primary amides is 1. The van der Waals surface area contributed by atoms with Crippen molar-refractivity contribution >= 4 is 22.8 Å². The van der Waals surface area contributed by atoms with Gasteiger partial charge in [0.2, 0.25) is 0 Å². The predicted molar refractivity (Wildman–Crippen MR) is 80.6 cm³/mol. The minimum atomic E-state index is -0.582. The molecule has 3 rings (SSSR count). The first-order chi connectivity index (χ1) is 9.99. The summed E-state index contributed by atoms with van der Waals surface area (Å²) in [7, 11) is 0. The number of carbonyl (C=O) groups excluding carboxylic acids is 1. The molecule has 1 aliphatic rings. The van der Waals surface area contributed by atoms with Gasteiger partial charge < -0.3 is 21.6 Å². The number of H-pyrrole nitrogens is 1. The zero-order chi connectivity index (χ0) is 15.4. The molecule has 0 aromatic carbocycles. The van der Waals surface area contributed by atoms with Crippen molar-refractivity contribution in [3.05, 3.63) is 17.6 Å². The van der Waals surface area contributed by atoms with E-state index < -0.39 is 5.91 Å². The number of aromatic amines is 1. The first-order valence-electron chi connectivity index (χ1n) is 7.07. The maximum atomic E-state index is 11.0. The van der Waals surface area contributed by atoms with Crippen LogP contribution in [-0.2, 0) is 0 Å². The Balaban J connectivity index is 0.000000194. The number of hydrogen-bond acceptors (Lipinski definition) is 5. The molecule has 2 heterocycles. The fraction of sp³-hybridized carbons (Fsp3) is 0.500. The first kappa shape index (κ1) is 15.2. The molecule has 1 aliphatic carbocycles. The summed E-state index contributed by atoms with van der Waals surface area (Å²) in [5.41, 5.74) is 11.5. The lowest BCUT2D eigenvalue weighted by Crippen LogP contribution is -2.12. The first-order valence-corrected chi connectivity index (χ1v) is 7.07. The van der Waals surface area contributed by atoms with E-state index in [9.17, 15) is 4.79 Å². The number of nitrogens with zero attached hydrogens (tertiary/aromatic N) is 2. The van der Waals surface area contributed by atoms with Gasteiger partial charge in [-0.15, -0.1) is 0 Å². The molecular formula is C14H21N5O2. The SMILES string of the molecule is Cc1ncc2c(C(N)=O)c(N)[nH]c2n1.OC1CCCCC1. The molecule has 0 radical (unpaired) electrons. The summed E-state index contributed by atoms with van der Waals surface area (Å²) in [4.78, 5) is 21.9. The van der Waals surface area contributed by atoms with E-state index in [1.165, 1.54) is 25.5 Å². The Morgan fingerprint density at radius 1 is 1.38 bits per heavy atom. The molecule has 6 N–H and O–H groups in total. The summed E-state index contributed by atoms with van der Waals surface area (Å²) in [5.74, 6) is 0.253. The van der Waals surface area contributed by atoms with E-state index in [-0.39, 0.29) is 17.5 Å². The number of amides is 1. The summed E-state index contributed by atoms with van der Waals surface area (Å²) in [5, 5.41) is 9.47. The number of nitrogens with one attached hydrogen (secondary N) is 1. The molecule has 21 heavy (non-hydrogen) atoms. The molecule has 1 fully saturated rings. The van der Waals surface area contributed by atoms with Crippen molar-refractivity contribution in [1.29, 1.82) is 0 Å². The van der Waals surface area contributed by atoms with E-state index in [4.69, 9.17) is 16.6 Å². The van der Waals surface area contributed by atoms with Crippen molar-refractivity contribution in [3.63, 3.8) is 0 Å². The number of aromatic nitrogens is 3. The van der Waals surface area contributed by atoms with Crippen molar-refractivity contribution in [2.24, 2.45) is 5.73 Å². The Morgan fingerprint density at radius 3 is 2.57 bits per heavy atom. The smallest absolute Gasteiger partial charge is 0.253 e. The van der Waals surface area contributed by atoms with E-state index in [0.717, 1.165) is 12.8 Å². The minimum Gasteiger partial charge on any atom is -0.393 e. The number of nitrogen functional groups attached to an aromatic ring is 1. The van der Waals surface area contributed by atoms with Gasteiger partial charge in [-0.3, -0.25) is 4.79 Å². The van der Waals surface area contributed by atoms with Crippen LogP contribution >= 0.6 is 0 Å². The monoisotopic (exact) mass is 291 g/mol. The molecule has 1 saturated carbocycles. The molecule has 7 heteroatoms. The van der Waals surface area contributed by atoms with Crippen LogP contribution in [0.3, 0.4) is 0 Å². The Hall–Kier alpha value is -2.15. The molecule has 2 aromatic rings. The Bertz CT molecular complexity index is 632. The van der Waals surface area contributed by atoms with Crippen molar-refractivity contribution < 1.29 is 9.90 Å². The standard InChI is InChI=1S/C8H9N5O.C6H12O/c1-3-11-2-4-5(7(10)14)6(9)13-8(4)12-3;7-6-4-2-1-3-5-6/h2H,9H2,1H3,(H2,10,14)(H,11,12,13);6-7H,1-5H2. The second-order valence-electron chi connectivity index (χ2n) is 5.25. The van der Waals surface area contributed by atoms with E-state index in [1.807, 2.05) is 0 Å². The van der Waals surface area contributed by atoms with Crippen LogP contribution in [0.4, 0.5) is 5.82 Å². The third-order valence-electron chi connectivity index (χ3n) is 3.52. The maximum Gasteiger partial charge on any atom is 0.253 e. The second-order valence-corrected chi connectivity index (χ2v) is 5.25. The van der Waals surface area contributed by atoms with Gasteiger partial charge in [-0.2, -0.15) is 0 Å². The number of rotatable bonds is 1. The average molecular weight is 291 g/mol. The lowest BCUT2D eigenvalue weighted by Gasteiger charge is -2.14. The van der Waals surface area contributed by atoms with Gasteiger partial charge in [0.1, 0.15) is 17.3 Å². The van der Waals surface area contributed by atoms with Crippen LogP contribution in [0.1, 0.15) is 48.3 Å².